The largest absolute Gasteiger partial charge is 0.330 e. The highest BCUT2D eigenvalue weighted by molar-refractivity contribution is 4.98. The van der Waals surface area contributed by atoms with E-state index in [1.807, 2.05) is 0 Å². The third-order valence-electron chi connectivity index (χ3n) is 3.18. The van der Waals surface area contributed by atoms with Gasteiger partial charge in [0.25, 0.3) is 0 Å². The van der Waals surface area contributed by atoms with E-state index in [9.17, 15) is 0 Å². The fraction of sp³-hybridized carbons (Fsp3) is 1.00. The van der Waals surface area contributed by atoms with Crippen molar-refractivity contribution in [2.24, 2.45) is 22.9 Å². The summed E-state index contributed by atoms with van der Waals surface area (Å²) in [7, 11) is 0. The molecule has 0 amide bonds. The van der Waals surface area contributed by atoms with Gasteiger partial charge in [0.2, 0.25) is 0 Å². The van der Waals surface area contributed by atoms with Gasteiger partial charge in [-0.15, -0.1) is 0 Å². The lowest BCUT2D eigenvalue weighted by Gasteiger charge is -2.40. The van der Waals surface area contributed by atoms with Crippen molar-refractivity contribution in [3.8, 4) is 0 Å². The van der Waals surface area contributed by atoms with E-state index in [1.165, 1.54) is 0 Å². The van der Waals surface area contributed by atoms with Crippen LogP contribution in [-0.4, -0.2) is 24.2 Å². The van der Waals surface area contributed by atoms with Crippen LogP contribution in [0.15, 0.2) is 0 Å². The van der Waals surface area contributed by atoms with E-state index in [4.69, 9.17) is 22.9 Å². The van der Waals surface area contributed by atoms with Gasteiger partial charge in [-0.05, 0) is 38.6 Å². The van der Waals surface area contributed by atoms with Crippen LogP contribution in [0.5, 0.6) is 0 Å². The quantitative estimate of drug-likeness (QED) is 0.466. The predicted molar refractivity (Wildman–Crippen MR) is 55.0 cm³/mol. The molecule has 0 aromatic heterocycles. The Morgan fingerprint density at radius 1 is 1.31 bits per heavy atom. The zero-order valence-corrected chi connectivity index (χ0v) is 8.21. The van der Waals surface area contributed by atoms with Crippen LogP contribution in [0, 0.1) is 0 Å². The number of hydrogen-bond donors (Lipinski definition) is 4. The molecular formula is C9H22N4. The molecule has 0 radical (unpaired) electrons. The first kappa shape index (κ1) is 10.9. The maximum absolute atomic E-state index is 6.21. The first-order valence-corrected chi connectivity index (χ1v) is 5.08. The summed E-state index contributed by atoms with van der Waals surface area (Å²) >= 11 is 0. The Morgan fingerprint density at radius 2 is 1.85 bits per heavy atom. The molecule has 1 aliphatic rings. The van der Waals surface area contributed by atoms with Crippen molar-refractivity contribution in [3.05, 3.63) is 0 Å². The van der Waals surface area contributed by atoms with Crippen molar-refractivity contribution in [1.29, 1.82) is 0 Å². The van der Waals surface area contributed by atoms with E-state index in [2.05, 4.69) is 0 Å². The predicted octanol–water partition coefficient (Wildman–Crippen LogP) is -0.739. The average molecular weight is 186 g/mol. The summed E-state index contributed by atoms with van der Waals surface area (Å²) in [5.41, 5.74) is 23.3. The monoisotopic (exact) mass is 186 g/mol. The summed E-state index contributed by atoms with van der Waals surface area (Å²) in [5.74, 6) is 0. The van der Waals surface area contributed by atoms with Crippen LogP contribution in [-0.2, 0) is 0 Å². The number of hydrogen-bond acceptors (Lipinski definition) is 4. The van der Waals surface area contributed by atoms with Gasteiger partial charge in [0, 0.05) is 17.6 Å². The molecule has 1 aliphatic carbocycles. The van der Waals surface area contributed by atoms with Crippen LogP contribution in [0.4, 0.5) is 0 Å². The second-order valence-electron chi connectivity index (χ2n) is 4.25. The number of rotatable bonds is 3. The zero-order valence-electron chi connectivity index (χ0n) is 8.21. The van der Waals surface area contributed by atoms with Gasteiger partial charge in [-0.3, -0.25) is 0 Å². The van der Waals surface area contributed by atoms with Gasteiger partial charge in [-0.25, -0.2) is 0 Å². The highest BCUT2D eigenvalue weighted by Gasteiger charge is 2.35. The molecule has 1 rings (SSSR count). The lowest BCUT2D eigenvalue weighted by Crippen LogP contribution is -2.58. The summed E-state index contributed by atoms with van der Waals surface area (Å²) < 4.78 is 0. The molecule has 1 fully saturated rings. The van der Waals surface area contributed by atoms with Crippen LogP contribution in [0.3, 0.4) is 0 Å². The van der Waals surface area contributed by atoms with Gasteiger partial charge in [-0.1, -0.05) is 0 Å². The SMILES string of the molecule is NCCC(N)C1(N)CCC(N)CC1. The summed E-state index contributed by atoms with van der Waals surface area (Å²) in [5, 5.41) is 0. The molecule has 13 heavy (non-hydrogen) atoms. The summed E-state index contributed by atoms with van der Waals surface area (Å²) in [6, 6.07) is 0.353. The van der Waals surface area contributed by atoms with Gasteiger partial charge in [0.05, 0.1) is 0 Å². The van der Waals surface area contributed by atoms with Crippen molar-refractivity contribution in [2.75, 3.05) is 6.54 Å². The lowest BCUT2D eigenvalue weighted by molar-refractivity contribution is 0.225. The van der Waals surface area contributed by atoms with Crippen molar-refractivity contribution in [3.63, 3.8) is 0 Å². The maximum atomic E-state index is 6.21. The Morgan fingerprint density at radius 3 is 2.31 bits per heavy atom. The molecule has 4 heteroatoms. The molecule has 0 saturated heterocycles. The second kappa shape index (κ2) is 4.37. The molecule has 0 aromatic rings. The van der Waals surface area contributed by atoms with Gasteiger partial charge in [-0.2, -0.15) is 0 Å². The minimum absolute atomic E-state index is 0.0324. The summed E-state index contributed by atoms with van der Waals surface area (Å²) in [6.07, 6.45) is 4.68. The van der Waals surface area contributed by atoms with Crippen LogP contribution < -0.4 is 22.9 Å². The van der Waals surface area contributed by atoms with E-state index in [0.717, 1.165) is 32.1 Å². The Hall–Kier alpha value is -0.160. The van der Waals surface area contributed by atoms with Crippen molar-refractivity contribution < 1.29 is 0 Å². The first-order valence-electron chi connectivity index (χ1n) is 5.08. The standard InChI is InChI=1S/C9H22N4/c10-6-3-8(12)9(13)4-1-7(11)2-5-9/h7-8H,1-6,10-13H2. The molecule has 0 bridgehead atoms. The van der Waals surface area contributed by atoms with Crippen LogP contribution >= 0.6 is 0 Å². The van der Waals surface area contributed by atoms with Crippen LogP contribution in [0.2, 0.25) is 0 Å². The fourth-order valence-electron chi connectivity index (χ4n) is 2.02. The van der Waals surface area contributed by atoms with Crippen LogP contribution in [0.25, 0.3) is 0 Å². The first-order chi connectivity index (χ1) is 6.08. The fourth-order valence-corrected chi connectivity index (χ4v) is 2.02. The summed E-state index contributed by atoms with van der Waals surface area (Å²) in [4.78, 5) is 0. The molecule has 0 heterocycles. The molecule has 1 unspecified atom stereocenters. The van der Waals surface area contributed by atoms with E-state index in [-0.39, 0.29) is 11.6 Å². The molecule has 78 valence electrons. The lowest BCUT2D eigenvalue weighted by atomic mass is 9.75. The Balaban J connectivity index is 2.46. The van der Waals surface area contributed by atoms with Crippen molar-refractivity contribution in [1.82, 2.24) is 0 Å². The second-order valence-corrected chi connectivity index (χ2v) is 4.25. The normalized spacial score (nSPS) is 37.4. The molecule has 4 nitrogen and oxygen atoms in total. The van der Waals surface area contributed by atoms with Gasteiger partial charge in [0.15, 0.2) is 0 Å². The Labute approximate surface area is 80.0 Å². The minimum Gasteiger partial charge on any atom is -0.330 e. The van der Waals surface area contributed by atoms with Gasteiger partial charge < -0.3 is 22.9 Å². The molecular weight excluding hydrogens is 164 g/mol. The smallest absolute Gasteiger partial charge is 0.0309 e. The number of nitrogens with two attached hydrogens (primary N) is 4. The van der Waals surface area contributed by atoms with Gasteiger partial charge in [0.1, 0.15) is 0 Å². The van der Waals surface area contributed by atoms with Crippen molar-refractivity contribution >= 4 is 0 Å². The van der Waals surface area contributed by atoms with Crippen molar-refractivity contribution in [2.45, 2.75) is 49.7 Å². The highest BCUT2D eigenvalue weighted by atomic mass is 14.9. The van der Waals surface area contributed by atoms with E-state index >= 15 is 0 Å². The van der Waals surface area contributed by atoms with Gasteiger partial charge >= 0.3 is 0 Å². The van der Waals surface area contributed by atoms with Crippen LogP contribution in [0.1, 0.15) is 32.1 Å². The molecule has 1 saturated carbocycles. The average Bonchev–Trinajstić information content (AvgIpc) is 2.11. The molecule has 0 aromatic carbocycles. The van der Waals surface area contributed by atoms with E-state index in [0.29, 0.717) is 12.6 Å². The third kappa shape index (κ3) is 2.64. The molecule has 0 aliphatic heterocycles. The molecule has 8 N–H and O–H groups in total. The molecule has 0 spiro atoms. The third-order valence-corrected chi connectivity index (χ3v) is 3.18. The highest BCUT2D eigenvalue weighted by Crippen LogP contribution is 2.28. The topological polar surface area (TPSA) is 104 Å². The maximum Gasteiger partial charge on any atom is 0.0309 e. The summed E-state index contributed by atoms with van der Waals surface area (Å²) in [6.45, 7) is 0.617. The minimum atomic E-state index is -0.213. The zero-order chi connectivity index (χ0) is 9.90. The Kier molecular flexibility index (Phi) is 3.67. The van der Waals surface area contributed by atoms with E-state index in [1.54, 1.807) is 0 Å². The Bertz CT molecular complexity index is 152. The molecule has 1 atom stereocenters. The van der Waals surface area contributed by atoms with E-state index < -0.39 is 0 Å².